The van der Waals surface area contributed by atoms with E-state index < -0.39 is 0 Å². The summed E-state index contributed by atoms with van der Waals surface area (Å²) in [6.07, 6.45) is 1.78. The van der Waals surface area contributed by atoms with Crippen molar-refractivity contribution in [2.75, 3.05) is 0 Å². The Kier molecular flexibility index (Phi) is 21.2. The molecule has 0 fully saturated rings. The molecule has 0 unspecified atom stereocenters. The molecule has 2 heterocycles. The minimum absolute atomic E-state index is 0. The van der Waals surface area contributed by atoms with E-state index in [2.05, 4.69) is 103 Å². The number of hydrogen-bond acceptors (Lipinski definition) is 5. The fraction of sp³-hybridized carbons (Fsp3) is 0.353. The third kappa shape index (κ3) is 14.7. The standard InChI is InChI=1S/C17H18O.C16H18O.C8H12S.C7H10N2.3CH4/c1-11-5-7-15(9-13(11)3)17(18)16-8-6-12(2)14(4)10-16;1-11-5-7-15(9-13(11)3)17-16-8-6-12(2)14(4)10-16;1-5-6(2)8(4)9-7(5)3;1-5-4-8-6(2)7(3)9-5;;;/h5-10H,1-4H3;5-10H,1-4H3;1-4H3;4H,1-3H3;3*1H4. The lowest BCUT2D eigenvalue weighted by Gasteiger charge is -2.09. The largest absolute Gasteiger partial charge is 0.457 e. The number of ketones is 1. The number of nitrogens with zero attached hydrogens (tertiary/aromatic N) is 2. The van der Waals surface area contributed by atoms with E-state index >= 15 is 0 Å². The average molecular weight is 775 g/mol. The van der Waals surface area contributed by atoms with Crippen LogP contribution in [0.3, 0.4) is 0 Å². The van der Waals surface area contributed by atoms with Crippen LogP contribution < -0.4 is 4.74 Å². The van der Waals surface area contributed by atoms with Crippen LogP contribution >= 0.6 is 11.3 Å². The molecule has 2 aromatic heterocycles. The molecule has 0 saturated heterocycles. The molecule has 5 heteroatoms. The molecule has 302 valence electrons. The first-order valence-corrected chi connectivity index (χ1v) is 19.0. The van der Waals surface area contributed by atoms with Gasteiger partial charge in [0.1, 0.15) is 11.5 Å². The lowest BCUT2D eigenvalue weighted by atomic mass is 9.97. The summed E-state index contributed by atoms with van der Waals surface area (Å²) in [6.45, 7) is 31.2. The summed E-state index contributed by atoms with van der Waals surface area (Å²) in [5, 5.41) is 0. The van der Waals surface area contributed by atoms with Gasteiger partial charge in [0.15, 0.2) is 5.78 Å². The second-order valence-electron chi connectivity index (χ2n) is 14.2. The van der Waals surface area contributed by atoms with Gasteiger partial charge in [0.2, 0.25) is 0 Å². The first kappa shape index (κ1) is 51.1. The van der Waals surface area contributed by atoms with Gasteiger partial charge in [-0.25, -0.2) is 0 Å². The van der Waals surface area contributed by atoms with Crippen LogP contribution in [0.2, 0.25) is 0 Å². The molecule has 56 heavy (non-hydrogen) atoms. The van der Waals surface area contributed by atoms with Crippen molar-refractivity contribution < 1.29 is 9.53 Å². The highest BCUT2D eigenvalue weighted by atomic mass is 32.1. The first-order chi connectivity index (χ1) is 24.9. The minimum atomic E-state index is 0. The van der Waals surface area contributed by atoms with Crippen LogP contribution in [-0.4, -0.2) is 15.8 Å². The van der Waals surface area contributed by atoms with E-state index in [9.17, 15) is 4.79 Å². The molecule has 0 bridgehead atoms. The summed E-state index contributed by atoms with van der Waals surface area (Å²) >= 11 is 1.90. The molecule has 0 radical (unpaired) electrons. The van der Waals surface area contributed by atoms with E-state index in [1.807, 2.05) is 94.5 Å². The number of hydrogen-bond donors (Lipinski definition) is 0. The van der Waals surface area contributed by atoms with Crippen LogP contribution in [0, 0.1) is 104 Å². The SMILES string of the molecule is C.C.C.Cc1ccc(C(=O)c2ccc(C)c(C)c2)cc1C.Cc1ccc(Oc2ccc(C)c(C)c2)cc1C.Cc1cnc(C)c(C)n1.Cc1sc(C)c(C)c1C. The molecule has 0 amide bonds. The monoisotopic (exact) mass is 775 g/mol. The summed E-state index contributed by atoms with van der Waals surface area (Å²) in [6, 6.07) is 24.1. The molecule has 0 aliphatic carbocycles. The van der Waals surface area contributed by atoms with Gasteiger partial charge in [0.25, 0.3) is 0 Å². The van der Waals surface area contributed by atoms with Crippen molar-refractivity contribution in [1.29, 1.82) is 0 Å². The molecule has 0 spiro atoms. The zero-order valence-corrected chi connectivity index (χ0v) is 35.4. The van der Waals surface area contributed by atoms with Crippen LogP contribution in [0.4, 0.5) is 0 Å². The number of ether oxygens (including phenoxy) is 1. The highest BCUT2D eigenvalue weighted by Crippen LogP contribution is 2.26. The number of thiophene rings is 1. The third-order valence-electron chi connectivity index (χ3n) is 9.97. The molecular weight excluding hydrogens is 705 g/mol. The van der Waals surface area contributed by atoms with Gasteiger partial charge in [-0.3, -0.25) is 14.8 Å². The molecule has 0 aliphatic rings. The van der Waals surface area contributed by atoms with Crippen LogP contribution in [0.1, 0.15) is 121 Å². The third-order valence-corrected chi connectivity index (χ3v) is 11.2. The summed E-state index contributed by atoms with van der Waals surface area (Å²) < 4.78 is 5.85. The van der Waals surface area contributed by atoms with Crippen LogP contribution in [0.15, 0.2) is 79.0 Å². The highest BCUT2D eigenvalue weighted by Gasteiger charge is 2.10. The number of benzene rings is 4. The highest BCUT2D eigenvalue weighted by molar-refractivity contribution is 7.12. The van der Waals surface area contributed by atoms with Crippen LogP contribution in [-0.2, 0) is 0 Å². The summed E-state index contributed by atoms with van der Waals surface area (Å²) in [7, 11) is 0. The molecule has 6 rings (SSSR count). The minimum Gasteiger partial charge on any atom is -0.457 e. The Labute approximate surface area is 345 Å². The maximum Gasteiger partial charge on any atom is 0.193 e. The smallest absolute Gasteiger partial charge is 0.193 e. The Morgan fingerprint density at radius 1 is 0.464 bits per heavy atom. The summed E-state index contributed by atoms with van der Waals surface area (Å²) in [4.78, 5) is 23.6. The fourth-order valence-corrected chi connectivity index (χ4v) is 6.26. The molecule has 0 N–H and O–H groups in total. The number of aromatic nitrogens is 2. The molecule has 0 saturated carbocycles. The van der Waals surface area contributed by atoms with Crippen molar-refractivity contribution in [3.63, 3.8) is 0 Å². The zero-order chi connectivity index (χ0) is 39.6. The normalized spacial score (nSPS) is 9.70. The number of aryl methyl sites for hydroxylation is 13. The van der Waals surface area contributed by atoms with Gasteiger partial charge in [-0.15, -0.1) is 11.3 Å². The molecule has 4 aromatic carbocycles. The van der Waals surface area contributed by atoms with Gasteiger partial charge < -0.3 is 4.74 Å². The summed E-state index contributed by atoms with van der Waals surface area (Å²) in [5.74, 6) is 1.90. The van der Waals surface area contributed by atoms with Crippen molar-refractivity contribution in [3.8, 4) is 11.5 Å². The quantitative estimate of drug-likeness (QED) is 0.167. The van der Waals surface area contributed by atoms with E-state index in [0.717, 1.165) is 50.8 Å². The van der Waals surface area contributed by atoms with Gasteiger partial charge >= 0.3 is 0 Å². The van der Waals surface area contributed by atoms with Gasteiger partial charge in [-0.05, 0) is 196 Å². The predicted molar refractivity (Wildman–Crippen MR) is 247 cm³/mol. The van der Waals surface area contributed by atoms with Crippen molar-refractivity contribution in [2.45, 2.75) is 126 Å². The zero-order valence-electron chi connectivity index (χ0n) is 34.6. The molecule has 4 nitrogen and oxygen atoms in total. The van der Waals surface area contributed by atoms with Crippen LogP contribution in [0.25, 0.3) is 0 Å². The molecule has 0 atom stereocenters. The van der Waals surface area contributed by atoms with E-state index in [1.165, 1.54) is 54.3 Å². The van der Waals surface area contributed by atoms with Crippen LogP contribution in [0.5, 0.6) is 11.5 Å². The van der Waals surface area contributed by atoms with E-state index in [1.54, 1.807) is 6.20 Å². The van der Waals surface area contributed by atoms with Crippen molar-refractivity contribution in [1.82, 2.24) is 9.97 Å². The predicted octanol–water partition coefficient (Wildman–Crippen LogP) is 15.2. The maximum absolute atomic E-state index is 12.4. The van der Waals surface area contributed by atoms with E-state index in [4.69, 9.17) is 4.74 Å². The number of rotatable bonds is 4. The first-order valence-electron chi connectivity index (χ1n) is 18.2. The molecule has 6 aromatic rings. The van der Waals surface area contributed by atoms with E-state index in [-0.39, 0.29) is 28.1 Å². The Balaban J connectivity index is 0.000000739. The topological polar surface area (TPSA) is 52.1 Å². The Hall–Kier alpha value is -4.87. The Morgan fingerprint density at radius 2 is 0.821 bits per heavy atom. The number of carbonyl (C=O) groups is 1. The van der Waals surface area contributed by atoms with Crippen molar-refractivity contribution >= 4 is 17.1 Å². The number of carbonyl (C=O) groups excluding carboxylic acids is 1. The Bertz CT molecular complexity index is 2070. The van der Waals surface area contributed by atoms with Gasteiger partial charge in [0, 0.05) is 27.1 Å². The molecular formula is C51H70N2O2S. The average Bonchev–Trinajstić information content (AvgIpc) is 3.33. The van der Waals surface area contributed by atoms with Gasteiger partial charge in [0.05, 0.1) is 17.1 Å². The van der Waals surface area contributed by atoms with E-state index in [0.29, 0.717) is 0 Å². The van der Waals surface area contributed by atoms with Gasteiger partial charge in [-0.2, -0.15) is 0 Å². The maximum atomic E-state index is 12.4. The summed E-state index contributed by atoms with van der Waals surface area (Å²) in [5.41, 5.74) is 17.3. The molecule has 0 aliphatic heterocycles. The second kappa shape index (κ2) is 23.3. The van der Waals surface area contributed by atoms with Gasteiger partial charge in [-0.1, -0.05) is 58.7 Å². The second-order valence-corrected chi connectivity index (χ2v) is 15.6. The van der Waals surface area contributed by atoms with Crippen molar-refractivity contribution in [3.05, 3.63) is 173 Å². The fourth-order valence-electron chi connectivity index (χ4n) is 5.19. The van der Waals surface area contributed by atoms with Crippen molar-refractivity contribution in [2.24, 2.45) is 0 Å². The Morgan fingerprint density at radius 3 is 1.11 bits per heavy atom. The lowest BCUT2D eigenvalue weighted by molar-refractivity contribution is 0.103. The lowest BCUT2D eigenvalue weighted by Crippen LogP contribution is -2.03.